The van der Waals surface area contributed by atoms with Crippen LogP contribution in [0.1, 0.15) is 26.2 Å². The molecule has 2 aromatic heterocycles. The van der Waals surface area contributed by atoms with Crippen LogP contribution in [0.2, 0.25) is 0 Å². The molecule has 3 aliphatic rings. The van der Waals surface area contributed by atoms with E-state index in [1.807, 2.05) is 24.3 Å². The Labute approximate surface area is 180 Å². The minimum atomic E-state index is -0.0565. The lowest BCUT2D eigenvalue weighted by atomic mass is 9.79. The van der Waals surface area contributed by atoms with Crippen molar-refractivity contribution in [2.45, 2.75) is 31.8 Å². The molecule has 31 heavy (non-hydrogen) atoms. The van der Waals surface area contributed by atoms with E-state index >= 15 is 0 Å². The molecule has 2 saturated heterocycles. The molecule has 0 amide bonds. The van der Waals surface area contributed by atoms with Gasteiger partial charge in [-0.2, -0.15) is 10.2 Å². The fourth-order valence-corrected chi connectivity index (χ4v) is 5.25. The van der Waals surface area contributed by atoms with E-state index in [4.69, 9.17) is 4.74 Å². The number of hydrogen-bond donors (Lipinski definition) is 1. The predicted octanol–water partition coefficient (Wildman–Crippen LogP) is 2.40. The lowest BCUT2D eigenvalue weighted by molar-refractivity contribution is 0.0424. The van der Waals surface area contributed by atoms with Crippen molar-refractivity contribution in [3.05, 3.63) is 34.6 Å². The third-order valence-electron chi connectivity index (χ3n) is 7.13. The second-order valence-corrected chi connectivity index (χ2v) is 10.0. The van der Waals surface area contributed by atoms with Crippen LogP contribution < -0.4 is 15.2 Å². The molecule has 1 aromatic carbocycles. The average Bonchev–Trinajstić information content (AvgIpc) is 3.12. The number of rotatable bonds is 4. The third-order valence-corrected chi connectivity index (χ3v) is 7.13. The highest BCUT2D eigenvalue weighted by molar-refractivity contribution is 5.93. The van der Waals surface area contributed by atoms with Crippen LogP contribution in [-0.4, -0.2) is 63.7 Å². The molecule has 6 rings (SSSR count). The molecule has 1 aliphatic carbocycles. The zero-order chi connectivity index (χ0) is 21.4. The van der Waals surface area contributed by atoms with Crippen LogP contribution in [0, 0.1) is 5.41 Å². The molecule has 0 atom stereocenters. The summed E-state index contributed by atoms with van der Waals surface area (Å²) < 4.78 is 7.59. The number of H-pyrrole nitrogens is 1. The summed E-state index contributed by atoms with van der Waals surface area (Å²) in [5.41, 5.74) is 3.32. The van der Waals surface area contributed by atoms with Gasteiger partial charge in [0.1, 0.15) is 28.4 Å². The monoisotopic (exact) mass is 420 g/mol. The van der Waals surface area contributed by atoms with E-state index in [0.29, 0.717) is 16.8 Å². The molecule has 2 aliphatic heterocycles. The van der Waals surface area contributed by atoms with Gasteiger partial charge in [0.05, 0.1) is 5.52 Å². The SMILES string of the molecule is CN1CC2(CCN(c3cc(-c4n[nH]c5ccc(OC6(C)CC6)cc45)nn(C)c3=O)C2)C1. The summed E-state index contributed by atoms with van der Waals surface area (Å²) in [5, 5.41) is 13.1. The summed E-state index contributed by atoms with van der Waals surface area (Å²) in [5.74, 6) is 0.843. The fraction of sp³-hybridized carbons (Fsp3) is 0.522. The summed E-state index contributed by atoms with van der Waals surface area (Å²) in [6, 6.07) is 7.91. The zero-order valence-electron chi connectivity index (χ0n) is 18.3. The first kappa shape index (κ1) is 18.9. The van der Waals surface area contributed by atoms with Gasteiger partial charge in [0.2, 0.25) is 0 Å². The van der Waals surface area contributed by atoms with Crippen molar-refractivity contribution in [1.82, 2.24) is 24.9 Å². The van der Waals surface area contributed by atoms with Crippen LogP contribution in [0.5, 0.6) is 5.75 Å². The Balaban J connectivity index is 1.38. The summed E-state index contributed by atoms with van der Waals surface area (Å²) >= 11 is 0. The predicted molar refractivity (Wildman–Crippen MR) is 120 cm³/mol. The highest BCUT2D eigenvalue weighted by Gasteiger charge is 2.46. The van der Waals surface area contributed by atoms with Gasteiger partial charge in [0.25, 0.3) is 5.56 Å². The van der Waals surface area contributed by atoms with Crippen molar-refractivity contribution in [1.29, 1.82) is 0 Å². The molecular weight excluding hydrogens is 392 g/mol. The minimum absolute atomic E-state index is 0.0407. The number of aryl methyl sites for hydroxylation is 1. The Hall–Kier alpha value is -2.87. The third kappa shape index (κ3) is 3.12. The Kier molecular flexibility index (Phi) is 3.85. The number of nitrogens with one attached hydrogen (secondary N) is 1. The normalized spacial score (nSPS) is 21.6. The Morgan fingerprint density at radius 2 is 1.90 bits per heavy atom. The first-order valence-electron chi connectivity index (χ1n) is 11.0. The lowest BCUT2D eigenvalue weighted by Crippen LogP contribution is -2.55. The number of aromatic amines is 1. The average molecular weight is 421 g/mol. The van der Waals surface area contributed by atoms with Crippen LogP contribution in [0.15, 0.2) is 29.1 Å². The molecule has 4 heterocycles. The van der Waals surface area contributed by atoms with Crippen LogP contribution in [-0.2, 0) is 7.05 Å². The number of nitrogens with zero attached hydrogens (tertiary/aromatic N) is 5. The van der Waals surface area contributed by atoms with Gasteiger partial charge in [-0.1, -0.05) is 0 Å². The van der Waals surface area contributed by atoms with Gasteiger partial charge in [0.15, 0.2) is 0 Å². The maximum Gasteiger partial charge on any atom is 0.290 e. The summed E-state index contributed by atoms with van der Waals surface area (Å²) in [7, 11) is 3.87. The van der Waals surface area contributed by atoms with Crippen molar-refractivity contribution in [3.8, 4) is 17.1 Å². The highest BCUT2D eigenvalue weighted by atomic mass is 16.5. The van der Waals surface area contributed by atoms with Crippen molar-refractivity contribution in [3.63, 3.8) is 0 Å². The van der Waals surface area contributed by atoms with Crippen LogP contribution >= 0.6 is 0 Å². The van der Waals surface area contributed by atoms with Crippen LogP contribution in [0.25, 0.3) is 22.3 Å². The highest BCUT2D eigenvalue weighted by Crippen LogP contribution is 2.41. The van der Waals surface area contributed by atoms with Crippen molar-refractivity contribution < 1.29 is 4.74 Å². The van der Waals surface area contributed by atoms with E-state index < -0.39 is 0 Å². The largest absolute Gasteiger partial charge is 0.488 e. The molecule has 3 aromatic rings. The summed E-state index contributed by atoms with van der Waals surface area (Å²) in [6.07, 6.45) is 3.30. The number of ether oxygens (including phenoxy) is 1. The number of benzene rings is 1. The number of fused-ring (bicyclic) bond motifs is 1. The first-order valence-corrected chi connectivity index (χ1v) is 11.0. The molecule has 1 saturated carbocycles. The zero-order valence-corrected chi connectivity index (χ0v) is 18.3. The maximum absolute atomic E-state index is 12.9. The van der Waals surface area contributed by atoms with E-state index in [-0.39, 0.29) is 11.2 Å². The standard InChI is InChI=1S/C23H28N6O2/c1-22(6-7-22)31-15-4-5-17-16(10-15)20(25-24-17)18-11-19(21(30)28(3)26-18)29-9-8-23(14-29)12-27(2)13-23/h4-5,10-11H,6-9,12-14H2,1-3H3,(H,24,25). The maximum atomic E-state index is 12.9. The Bertz CT molecular complexity index is 1230. The van der Waals surface area contributed by atoms with Gasteiger partial charge in [-0.15, -0.1) is 0 Å². The van der Waals surface area contributed by atoms with Gasteiger partial charge >= 0.3 is 0 Å². The van der Waals surface area contributed by atoms with E-state index in [2.05, 4.69) is 39.1 Å². The molecule has 3 fully saturated rings. The van der Waals surface area contributed by atoms with Crippen molar-refractivity contribution in [2.75, 3.05) is 38.1 Å². The number of anilines is 1. The molecule has 8 heteroatoms. The van der Waals surface area contributed by atoms with Crippen LogP contribution in [0.4, 0.5) is 5.69 Å². The number of hydrogen-bond acceptors (Lipinski definition) is 6. The van der Waals surface area contributed by atoms with E-state index in [9.17, 15) is 4.79 Å². The van der Waals surface area contributed by atoms with E-state index in [1.54, 1.807) is 7.05 Å². The van der Waals surface area contributed by atoms with Gasteiger partial charge < -0.3 is 14.5 Å². The summed E-state index contributed by atoms with van der Waals surface area (Å²) in [6.45, 7) is 6.18. The van der Waals surface area contributed by atoms with E-state index in [1.165, 1.54) is 4.68 Å². The Morgan fingerprint density at radius 3 is 2.65 bits per heavy atom. The molecule has 1 N–H and O–H groups in total. The van der Waals surface area contributed by atoms with Gasteiger partial charge in [0, 0.05) is 44.0 Å². The summed E-state index contributed by atoms with van der Waals surface area (Å²) in [4.78, 5) is 17.5. The first-order chi connectivity index (χ1) is 14.8. The molecule has 162 valence electrons. The smallest absolute Gasteiger partial charge is 0.290 e. The molecule has 1 spiro atoms. The minimum Gasteiger partial charge on any atom is -0.488 e. The van der Waals surface area contributed by atoms with Crippen molar-refractivity contribution in [2.24, 2.45) is 12.5 Å². The Morgan fingerprint density at radius 1 is 1.10 bits per heavy atom. The molecule has 0 unspecified atom stereocenters. The van der Waals surface area contributed by atoms with E-state index in [0.717, 1.165) is 67.8 Å². The van der Waals surface area contributed by atoms with Gasteiger partial charge in [-0.25, -0.2) is 4.68 Å². The van der Waals surface area contributed by atoms with Gasteiger partial charge in [-0.3, -0.25) is 9.89 Å². The molecule has 0 bridgehead atoms. The lowest BCUT2D eigenvalue weighted by Gasteiger charge is -2.46. The fourth-order valence-electron chi connectivity index (χ4n) is 5.25. The quantitative estimate of drug-likeness (QED) is 0.698. The second kappa shape index (κ2) is 6.32. The van der Waals surface area contributed by atoms with Crippen molar-refractivity contribution >= 4 is 16.6 Å². The van der Waals surface area contributed by atoms with Crippen LogP contribution in [0.3, 0.4) is 0 Å². The van der Waals surface area contributed by atoms with Gasteiger partial charge in [-0.05, 0) is 57.5 Å². The number of likely N-dealkylation sites (tertiary alicyclic amines) is 1. The second-order valence-electron chi connectivity index (χ2n) is 10.0. The molecular formula is C23H28N6O2. The molecule has 0 radical (unpaired) electrons. The molecule has 8 nitrogen and oxygen atoms in total. The number of aromatic nitrogens is 4. The topological polar surface area (TPSA) is 79.3 Å².